The average molecular weight is 246 g/mol. The summed E-state index contributed by atoms with van der Waals surface area (Å²) < 4.78 is 13.6. The van der Waals surface area contributed by atoms with Crippen LogP contribution in [0.5, 0.6) is 0 Å². The standard InChI is InChI=1S/C8H5BrFNO2/c9-4-2-1-3-6(5(4)10)11-8(13)7(3)12/h2-3H,1H2,(H,11,13). The summed E-state index contributed by atoms with van der Waals surface area (Å²) in [5.41, 5.74) is 0.101. The Morgan fingerprint density at radius 2 is 2.23 bits per heavy atom. The molecule has 0 bridgehead atoms. The number of hydrogen-bond donors (Lipinski definition) is 1. The number of fused-ring (bicyclic) bond motifs is 1. The van der Waals surface area contributed by atoms with Crippen LogP contribution in [0.25, 0.3) is 0 Å². The lowest BCUT2D eigenvalue weighted by Gasteiger charge is -2.13. The zero-order chi connectivity index (χ0) is 9.59. The van der Waals surface area contributed by atoms with Gasteiger partial charge in [0, 0.05) is 0 Å². The molecule has 1 amide bonds. The van der Waals surface area contributed by atoms with Crippen molar-refractivity contribution in [2.75, 3.05) is 0 Å². The van der Waals surface area contributed by atoms with E-state index < -0.39 is 23.4 Å². The number of allylic oxidation sites excluding steroid dienone is 4. The Kier molecular flexibility index (Phi) is 1.83. The number of hydrogen-bond acceptors (Lipinski definition) is 2. The molecular weight excluding hydrogens is 241 g/mol. The first-order valence-corrected chi connectivity index (χ1v) is 4.51. The summed E-state index contributed by atoms with van der Waals surface area (Å²) in [6.07, 6.45) is 1.93. The van der Waals surface area contributed by atoms with E-state index in [2.05, 4.69) is 21.2 Å². The van der Waals surface area contributed by atoms with Gasteiger partial charge in [-0.05, 0) is 22.4 Å². The van der Waals surface area contributed by atoms with Crippen LogP contribution < -0.4 is 5.32 Å². The van der Waals surface area contributed by atoms with Gasteiger partial charge in [0.25, 0.3) is 5.91 Å². The third-order valence-electron chi connectivity index (χ3n) is 2.12. The topological polar surface area (TPSA) is 46.2 Å². The van der Waals surface area contributed by atoms with Crippen LogP contribution in [0.4, 0.5) is 4.39 Å². The molecule has 1 saturated heterocycles. The molecule has 0 radical (unpaired) electrons. The maximum Gasteiger partial charge on any atom is 0.292 e. The first kappa shape index (κ1) is 8.62. The highest BCUT2D eigenvalue weighted by atomic mass is 79.9. The molecule has 0 spiro atoms. The lowest BCUT2D eigenvalue weighted by Crippen LogP contribution is -2.18. The van der Waals surface area contributed by atoms with E-state index in [1.165, 1.54) is 0 Å². The second-order valence-corrected chi connectivity index (χ2v) is 3.74. The van der Waals surface area contributed by atoms with Crippen molar-refractivity contribution in [3.05, 3.63) is 22.1 Å². The Morgan fingerprint density at radius 3 is 2.92 bits per heavy atom. The molecule has 0 saturated carbocycles. The number of ketones is 1. The van der Waals surface area contributed by atoms with E-state index in [0.29, 0.717) is 10.9 Å². The van der Waals surface area contributed by atoms with Crippen molar-refractivity contribution in [3.63, 3.8) is 0 Å². The number of nitrogens with one attached hydrogen (secondary N) is 1. The summed E-state index contributed by atoms with van der Waals surface area (Å²) in [5.74, 6) is -2.45. The molecule has 2 rings (SSSR count). The molecule has 2 aliphatic rings. The minimum atomic E-state index is -0.717. The second-order valence-electron chi connectivity index (χ2n) is 2.89. The van der Waals surface area contributed by atoms with Crippen molar-refractivity contribution in [1.29, 1.82) is 0 Å². The largest absolute Gasteiger partial charge is 0.320 e. The van der Waals surface area contributed by atoms with Gasteiger partial charge in [-0.25, -0.2) is 4.39 Å². The molecule has 1 unspecified atom stereocenters. The highest BCUT2D eigenvalue weighted by molar-refractivity contribution is 9.11. The predicted molar refractivity (Wildman–Crippen MR) is 46.4 cm³/mol. The summed E-state index contributed by atoms with van der Waals surface area (Å²) in [7, 11) is 0. The molecule has 0 aromatic rings. The molecule has 5 heteroatoms. The van der Waals surface area contributed by atoms with Crippen molar-refractivity contribution >= 4 is 27.6 Å². The molecule has 0 aromatic heterocycles. The Hall–Kier alpha value is -0.970. The van der Waals surface area contributed by atoms with Crippen LogP contribution in [-0.4, -0.2) is 11.7 Å². The third-order valence-corrected chi connectivity index (χ3v) is 2.79. The zero-order valence-corrected chi connectivity index (χ0v) is 8.02. The molecule has 13 heavy (non-hydrogen) atoms. The molecule has 68 valence electrons. The summed E-state index contributed by atoms with van der Waals surface area (Å²) >= 11 is 3.00. The minimum absolute atomic E-state index is 0.101. The van der Waals surface area contributed by atoms with E-state index >= 15 is 0 Å². The van der Waals surface area contributed by atoms with Crippen LogP contribution in [0.3, 0.4) is 0 Å². The molecule has 1 heterocycles. The molecule has 1 aliphatic heterocycles. The van der Waals surface area contributed by atoms with Crippen molar-refractivity contribution in [3.8, 4) is 0 Å². The summed E-state index contributed by atoms with van der Waals surface area (Å²) in [4.78, 5) is 22.0. The number of Topliss-reactive ketones (excluding diaryl/α,β-unsaturated/α-hetero) is 1. The monoisotopic (exact) mass is 245 g/mol. The average Bonchev–Trinajstić information content (AvgIpc) is 2.38. The van der Waals surface area contributed by atoms with E-state index in [1.54, 1.807) is 6.08 Å². The van der Waals surface area contributed by atoms with Gasteiger partial charge in [0.15, 0.2) is 5.83 Å². The van der Waals surface area contributed by atoms with Gasteiger partial charge in [-0.3, -0.25) is 9.59 Å². The van der Waals surface area contributed by atoms with Crippen LogP contribution in [-0.2, 0) is 9.59 Å². The van der Waals surface area contributed by atoms with Crippen molar-refractivity contribution in [2.45, 2.75) is 6.42 Å². The Bertz CT molecular complexity index is 372. The molecule has 3 nitrogen and oxygen atoms in total. The fourth-order valence-electron chi connectivity index (χ4n) is 1.43. The van der Waals surface area contributed by atoms with Crippen LogP contribution in [0.15, 0.2) is 22.1 Å². The second kappa shape index (κ2) is 2.77. The Morgan fingerprint density at radius 1 is 1.54 bits per heavy atom. The number of carbonyl (C=O) groups excluding carboxylic acids is 2. The van der Waals surface area contributed by atoms with Gasteiger partial charge in [0.2, 0.25) is 5.78 Å². The number of rotatable bonds is 0. The number of carbonyl (C=O) groups is 2. The van der Waals surface area contributed by atoms with E-state index in [1.807, 2.05) is 0 Å². The van der Waals surface area contributed by atoms with Crippen LogP contribution in [0.1, 0.15) is 6.42 Å². The SMILES string of the molecule is O=C1NC2=C(F)C(Br)=CCC2C1=O. The highest BCUT2D eigenvalue weighted by Gasteiger charge is 2.40. The van der Waals surface area contributed by atoms with Gasteiger partial charge in [-0.15, -0.1) is 0 Å². The maximum absolute atomic E-state index is 13.3. The molecule has 1 fully saturated rings. The van der Waals surface area contributed by atoms with Crippen LogP contribution in [0.2, 0.25) is 0 Å². The summed E-state index contributed by atoms with van der Waals surface area (Å²) in [6, 6.07) is 0. The first-order valence-electron chi connectivity index (χ1n) is 3.72. The molecular formula is C8H5BrFNO2. The van der Waals surface area contributed by atoms with Crippen molar-refractivity contribution < 1.29 is 14.0 Å². The summed E-state index contributed by atoms with van der Waals surface area (Å²) in [5, 5.41) is 2.23. The third kappa shape index (κ3) is 1.14. The van der Waals surface area contributed by atoms with E-state index in [4.69, 9.17) is 0 Å². The van der Waals surface area contributed by atoms with Crippen LogP contribution in [0, 0.1) is 5.92 Å². The van der Waals surface area contributed by atoms with E-state index in [-0.39, 0.29) is 5.70 Å². The van der Waals surface area contributed by atoms with Crippen molar-refractivity contribution in [2.24, 2.45) is 5.92 Å². The highest BCUT2D eigenvalue weighted by Crippen LogP contribution is 2.35. The van der Waals surface area contributed by atoms with E-state index in [0.717, 1.165) is 0 Å². The van der Waals surface area contributed by atoms with Gasteiger partial charge in [0.1, 0.15) is 0 Å². The zero-order valence-electron chi connectivity index (χ0n) is 6.43. The normalized spacial score (nSPS) is 27.2. The molecule has 1 aliphatic carbocycles. The molecule has 1 N–H and O–H groups in total. The van der Waals surface area contributed by atoms with E-state index in [9.17, 15) is 14.0 Å². The minimum Gasteiger partial charge on any atom is -0.320 e. The molecule has 0 aromatic carbocycles. The smallest absolute Gasteiger partial charge is 0.292 e. The van der Waals surface area contributed by atoms with Gasteiger partial charge >= 0.3 is 0 Å². The Labute approximate surface area is 81.8 Å². The van der Waals surface area contributed by atoms with Crippen LogP contribution >= 0.6 is 15.9 Å². The maximum atomic E-state index is 13.3. The fraction of sp³-hybridized carbons (Fsp3) is 0.250. The fourth-order valence-corrected chi connectivity index (χ4v) is 1.83. The van der Waals surface area contributed by atoms with Gasteiger partial charge in [0.05, 0.1) is 16.1 Å². The van der Waals surface area contributed by atoms with Gasteiger partial charge in [-0.2, -0.15) is 0 Å². The lowest BCUT2D eigenvalue weighted by atomic mass is 9.95. The number of halogens is 2. The van der Waals surface area contributed by atoms with Gasteiger partial charge < -0.3 is 5.32 Å². The quantitative estimate of drug-likeness (QED) is 0.652. The summed E-state index contributed by atoms with van der Waals surface area (Å²) in [6.45, 7) is 0. The van der Waals surface area contributed by atoms with Crippen molar-refractivity contribution in [1.82, 2.24) is 5.32 Å². The first-order chi connectivity index (χ1) is 6.11. The Balaban J connectivity index is 2.47. The lowest BCUT2D eigenvalue weighted by molar-refractivity contribution is -0.136. The van der Waals surface area contributed by atoms with Gasteiger partial charge in [-0.1, -0.05) is 6.08 Å². The number of amides is 1. The molecule has 1 atom stereocenters. The predicted octanol–water partition coefficient (Wildman–Crippen LogP) is 1.17.